The van der Waals surface area contributed by atoms with Crippen LogP contribution in [0.25, 0.3) is 0 Å². The average Bonchev–Trinajstić information content (AvgIpc) is 2.32. The second-order valence-electron chi connectivity index (χ2n) is 6.30. The van der Waals surface area contributed by atoms with E-state index in [9.17, 15) is 4.79 Å². The molecule has 0 bridgehead atoms. The van der Waals surface area contributed by atoms with E-state index in [1.165, 1.54) is 0 Å². The van der Waals surface area contributed by atoms with Crippen LogP contribution in [0.3, 0.4) is 0 Å². The topological polar surface area (TPSA) is 23.6 Å². The average molecular weight is 282 g/mol. The molecule has 0 aromatic heterocycles. The summed E-state index contributed by atoms with van der Waals surface area (Å²) in [5.41, 5.74) is 1.83. The minimum absolute atomic E-state index is 0.0648. The predicted octanol–water partition coefficient (Wildman–Crippen LogP) is 2.73. The van der Waals surface area contributed by atoms with Crippen molar-refractivity contribution in [1.82, 2.24) is 4.90 Å². The molecule has 1 aromatic carbocycles. The van der Waals surface area contributed by atoms with Crippen molar-refractivity contribution in [2.75, 3.05) is 38.6 Å². The van der Waals surface area contributed by atoms with Crippen LogP contribution in [-0.2, 0) is 5.41 Å². The second kappa shape index (κ2) is 6.14. The lowest BCUT2D eigenvalue weighted by Crippen LogP contribution is -2.36. The number of nitrogens with zero attached hydrogens (tertiary/aromatic N) is 2. The third-order valence-electron chi connectivity index (χ3n) is 3.59. The molecule has 0 saturated heterocycles. The van der Waals surface area contributed by atoms with E-state index < -0.39 is 0 Å². The van der Waals surface area contributed by atoms with Gasteiger partial charge in [-0.05, 0) is 32.0 Å². The zero-order valence-electron chi connectivity index (χ0n) is 13.0. The first-order valence-corrected chi connectivity index (χ1v) is 7.34. The van der Waals surface area contributed by atoms with Gasteiger partial charge in [0, 0.05) is 19.2 Å². The van der Waals surface area contributed by atoms with Crippen LogP contribution in [0.15, 0.2) is 4.79 Å². The highest BCUT2D eigenvalue weighted by molar-refractivity contribution is 7.71. The van der Waals surface area contributed by atoms with Crippen molar-refractivity contribution in [3.8, 4) is 0 Å². The van der Waals surface area contributed by atoms with Crippen molar-refractivity contribution in [2.24, 2.45) is 0 Å². The molecule has 1 aromatic rings. The Kier molecular flexibility index (Phi) is 5.27. The molecule has 0 saturated carbocycles. The van der Waals surface area contributed by atoms with Crippen LogP contribution in [0.5, 0.6) is 0 Å². The smallest absolute Gasteiger partial charge is 0.204 e. The monoisotopic (exact) mass is 282 g/mol. The molecule has 4 heteroatoms. The van der Waals surface area contributed by atoms with Crippen molar-refractivity contribution in [2.45, 2.75) is 39.5 Å². The Hall–Kier alpha value is -0.740. The van der Waals surface area contributed by atoms with Gasteiger partial charge in [0.25, 0.3) is 0 Å². The van der Waals surface area contributed by atoms with Crippen molar-refractivity contribution in [3.63, 3.8) is 0 Å². The number of anilines is 1. The predicted molar refractivity (Wildman–Crippen MR) is 85.7 cm³/mol. The lowest BCUT2D eigenvalue weighted by molar-refractivity contribution is 0.348. The summed E-state index contributed by atoms with van der Waals surface area (Å²) >= 11 is 5.22. The lowest BCUT2D eigenvalue weighted by Gasteiger charge is -2.31. The van der Waals surface area contributed by atoms with Crippen LogP contribution in [0.2, 0.25) is 0 Å². The quantitative estimate of drug-likeness (QED) is 0.749. The summed E-state index contributed by atoms with van der Waals surface area (Å²) in [5.74, 6) is 0. The molecule has 0 amide bonds. The molecule has 0 unspecified atom stereocenters. The summed E-state index contributed by atoms with van der Waals surface area (Å²) in [6, 6.07) is 0. The van der Waals surface area contributed by atoms with Gasteiger partial charge in [-0.2, -0.15) is 0 Å². The van der Waals surface area contributed by atoms with Gasteiger partial charge in [-0.15, -0.1) is 0 Å². The Bertz CT molecular complexity index is 495. The fourth-order valence-electron chi connectivity index (χ4n) is 2.29. The Labute approximate surface area is 121 Å². The third-order valence-corrected chi connectivity index (χ3v) is 3.97. The van der Waals surface area contributed by atoms with E-state index in [1.807, 2.05) is 7.05 Å². The van der Waals surface area contributed by atoms with Crippen LogP contribution in [0.1, 0.15) is 39.7 Å². The maximum atomic E-state index is 11.9. The molecule has 0 N–H and O–H groups in total. The summed E-state index contributed by atoms with van der Waals surface area (Å²) in [6.07, 6.45) is 1.08. The first-order valence-electron chi connectivity index (χ1n) is 6.93. The van der Waals surface area contributed by atoms with Gasteiger partial charge < -0.3 is 9.80 Å². The molecule has 0 atom stereocenters. The van der Waals surface area contributed by atoms with E-state index >= 15 is 0 Å². The van der Waals surface area contributed by atoms with Crippen LogP contribution < -0.4 is 10.3 Å². The van der Waals surface area contributed by atoms with Gasteiger partial charge in [0.05, 0.1) is 5.69 Å². The van der Waals surface area contributed by atoms with Gasteiger partial charge in [0.15, 0.2) is 0 Å². The SMILES string of the molecule is CCN(C)CCCN(C)c1c(C(C)(C)C)c(=O)c1=S. The summed E-state index contributed by atoms with van der Waals surface area (Å²) in [4.78, 5) is 16.4. The van der Waals surface area contributed by atoms with Crippen molar-refractivity contribution in [3.05, 3.63) is 20.3 Å². The Morgan fingerprint density at radius 1 is 1.16 bits per heavy atom. The molecule has 108 valence electrons. The summed E-state index contributed by atoms with van der Waals surface area (Å²) < 4.78 is 0.510. The first kappa shape index (κ1) is 16.3. The Balaban J connectivity index is 2.74. The maximum absolute atomic E-state index is 11.9. The van der Waals surface area contributed by atoms with Crippen LogP contribution >= 0.6 is 12.2 Å². The fourth-order valence-corrected chi connectivity index (χ4v) is 2.65. The molecule has 0 radical (unpaired) electrons. The molecule has 0 aliphatic heterocycles. The van der Waals surface area contributed by atoms with Gasteiger partial charge in [-0.25, -0.2) is 0 Å². The molecule has 0 heterocycles. The third kappa shape index (κ3) is 3.63. The van der Waals surface area contributed by atoms with E-state index in [-0.39, 0.29) is 10.8 Å². The second-order valence-corrected chi connectivity index (χ2v) is 6.71. The van der Waals surface area contributed by atoms with Crippen LogP contribution in [-0.4, -0.2) is 38.6 Å². The zero-order chi connectivity index (χ0) is 14.8. The van der Waals surface area contributed by atoms with Gasteiger partial charge >= 0.3 is 0 Å². The summed E-state index contributed by atoms with van der Waals surface area (Å²) in [5, 5.41) is 0. The molecular formula is C15H26N2OS. The minimum atomic E-state index is -0.122. The molecule has 0 aliphatic rings. The standard InChI is InChI=1S/C15H26N2OS/c1-7-16(5)9-8-10-17(6)12-11(15(2,3)4)13(18)14(12)19/h7-10H2,1-6H3. The Morgan fingerprint density at radius 2 is 1.74 bits per heavy atom. The molecule has 0 spiro atoms. The lowest BCUT2D eigenvalue weighted by atomic mass is 9.82. The highest BCUT2D eigenvalue weighted by Crippen LogP contribution is 2.32. The molecule has 3 nitrogen and oxygen atoms in total. The summed E-state index contributed by atoms with van der Waals surface area (Å²) in [6.45, 7) is 11.4. The minimum Gasteiger partial charge on any atom is -0.373 e. The van der Waals surface area contributed by atoms with Crippen LogP contribution in [0.4, 0.5) is 5.69 Å². The maximum Gasteiger partial charge on any atom is 0.204 e. The van der Waals surface area contributed by atoms with Crippen LogP contribution in [0, 0.1) is 4.51 Å². The molecular weight excluding hydrogens is 256 g/mol. The number of rotatable bonds is 6. The molecule has 0 aliphatic carbocycles. The zero-order valence-corrected chi connectivity index (χ0v) is 13.9. The van der Waals surface area contributed by atoms with E-state index in [0.717, 1.165) is 37.3 Å². The van der Waals surface area contributed by atoms with Gasteiger partial charge in [-0.3, -0.25) is 4.79 Å². The fraction of sp³-hybridized carbons (Fsp3) is 0.733. The van der Waals surface area contributed by atoms with Gasteiger partial charge in [-0.1, -0.05) is 39.9 Å². The first-order chi connectivity index (χ1) is 8.70. The van der Waals surface area contributed by atoms with Crippen molar-refractivity contribution < 1.29 is 0 Å². The normalized spacial score (nSPS) is 12.4. The number of hydrogen-bond donors (Lipinski definition) is 0. The number of hydrogen-bond acceptors (Lipinski definition) is 4. The Morgan fingerprint density at radius 3 is 2.21 bits per heavy atom. The van der Waals surface area contributed by atoms with Gasteiger partial charge in [0.1, 0.15) is 4.51 Å². The van der Waals surface area contributed by atoms with E-state index in [2.05, 4.69) is 44.5 Å². The molecule has 19 heavy (non-hydrogen) atoms. The highest BCUT2D eigenvalue weighted by atomic mass is 32.1. The van der Waals surface area contributed by atoms with Gasteiger partial charge in [0.2, 0.25) is 5.43 Å². The highest BCUT2D eigenvalue weighted by Gasteiger charge is 2.29. The molecule has 0 fully saturated rings. The van der Waals surface area contributed by atoms with E-state index in [4.69, 9.17) is 12.2 Å². The van der Waals surface area contributed by atoms with E-state index in [1.54, 1.807) is 0 Å². The van der Waals surface area contributed by atoms with Crippen molar-refractivity contribution >= 4 is 17.9 Å². The largest absolute Gasteiger partial charge is 0.373 e. The van der Waals surface area contributed by atoms with Crippen molar-refractivity contribution in [1.29, 1.82) is 0 Å². The van der Waals surface area contributed by atoms with E-state index in [0.29, 0.717) is 4.51 Å². The molecule has 1 rings (SSSR count). The summed E-state index contributed by atoms with van der Waals surface area (Å²) in [7, 11) is 4.16.